The van der Waals surface area contributed by atoms with E-state index in [0.717, 1.165) is 12.2 Å². The van der Waals surface area contributed by atoms with Gasteiger partial charge in [0.05, 0.1) is 12.6 Å². The molecule has 0 aliphatic carbocycles. The number of aryl methyl sites for hydroxylation is 1. The Morgan fingerprint density at radius 1 is 1.41 bits per heavy atom. The normalized spacial score (nSPS) is 12.9. The number of rotatable bonds is 4. The molecule has 0 saturated heterocycles. The van der Waals surface area contributed by atoms with Crippen LogP contribution < -0.4 is 10.1 Å². The van der Waals surface area contributed by atoms with E-state index in [0.29, 0.717) is 6.04 Å². The Balaban J connectivity index is 2.49. The minimum absolute atomic E-state index is 0.476. The van der Waals surface area contributed by atoms with Crippen molar-refractivity contribution in [2.75, 3.05) is 14.2 Å². The van der Waals surface area contributed by atoms with Gasteiger partial charge in [0, 0.05) is 30.6 Å². The van der Waals surface area contributed by atoms with E-state index in [2.05, 4.69) is 36.0 Å². The quantitative estimate of drug-likeness (QED) is 0.875. The van der Waals surface area contributed by atoms with Crippen LogP contribution in [-0.2, 0) is 13.5 Å². The van der Waals surface area contributed by atoms with Crippen molar-refractivity contribution in [3.8, 4) is 5.75 Å². The SMILES string of the molecule is CNC(C)Cc1cc2cccc(OC)c2n1C. The first-order valence-corrected chi connectivity index (χ1v) is 5.96. The van der Waals surface area contributed by atoms with Gasteiger partial charge in [0.15, 0.2) is 0 Å². The van der Waals surface area contributed by atoms with Gasteiger partial charge in [0.1, 0.15) is 5.75 Å². The second kappa shape index (κ2) is 4.80. The second-order valence-corrected chi connectivity index (χ2v) is 4.49. The largest absolute Gasteiger partial charge is 0.495 e. The van der Waals surface area contributed by atoms with E-state index in [1.54, 1.807) is 7.11 Å². The summed E-state index contributed by atoms with van der Waals surface area (Å²) in [4.78, 5) is 0. The Kier molecular flexibility index (Phi) is 3.38. The number of para-hydroxylation sites is 1. The molecule has 1 heterocycles. The number of likely N-dealkylation sites (N-methyl/N-ethyl adjacent to an activating group) is 1. The fourth-order valence-corrected chi connectivity index (χ4v) is 2.21. The maximum absolute atomic E-state index is 5.42. The van der Waals surface area contributed by atoms with Gasteiger partial charge >= 0.3 is 0 Å². The van der Waals surface area contributed by atoms with E-state index < -0.39 is 0 Å². The van der Waals surface area contributed by atoms with Gasteiger partial charge < -0.3 is 14.6 Å². The van der Waals surface area contributed by atoms with Crippen LogP contribution in [0, 0.1) is 0 Å². The molecule has 3 nitrogen and oxygen atoms in total. The molecule has 1 N–H and O–H groups in total. The Morgan fingerprint density at radius 3 is 2.82 bits per heavy atom. The van der Waals surface area contributed by atoms with E-state index in [-0.39, 0.29) is 0 Å². The molecule has 2 aromatic rings. The molecule has 0 aliphatic heterocycles. The number of fused-ring (bicyclic) bond motifs is 1. The summed E-state index contributed by atoms with van der Waals surface area (Å²) in [6.45, 7) is 2.19. The van der Waals surface area contributed by atoms with Crippen LogP contribution in [0.25, 0.3) is 10.9 Å². The van der Waals surface area contributed by atoms with Crippen molar-refractivity contribution in [1.82, 2.24) is 9.88 Å². The lowest BCUT2D eigenvalue weighted by Crippen LogP contribution is -2.24. The average Bonchev–Trinajstić information content (AvgIpc) is 2.66. The molecular weight excluding hydrogens is 212 g/mol. The van der Waals surface area contributed by atoms with E-state index in [1.165, 1.54) is 16.6 Å². The Hall–Kier alpha value is -1.48. The predicted molar refractivity (Wildman–Crippen MR) is 71.7 cm³/mol. The number of hydrogen-bond donors (Lipinski definition) is 1. The topological polar surface area (TPSA) is 26.2 Å². The van der Waals surface area contributed by atoms with E-state index in [4.69, 9.17) is 4.74 Å². The molecule has 1 unspecified atom stereocenters. The summed E-state index contributed by atoms with van der Waals surface area (Å²) in [6, 6.07) is 8.89. The number of nitrogens with one attached hydrogen (secondary N) is 1. The predicted octanol–water partition coefficient (Wildman–Crippen LogP) is 2.34. The zero-order valence-corrected chi connectivity index (χ0v) is 10.9. The van der Waals surface area contributed by atoms with Crippen LogP contribution in [0.4, 0.5) is 0 Å². The molecule has 0 bridgehead atoms. The molecule has 1 aromatic heterocycles. The highest BCUT2D eigenvalue weighted by molar-refractivity contribution is 5.87. The minimum Gasteiger partial charge on any atom is -0.495 e. The Bertz CT molecular complexity index is 516. The van der Waals surface area contributed by atoms with Crippen molar-refractivity contribution in [2.45, 2.75) is 19.4 Å². The molecule has 92 valence electrons. The van der Waals surface area contributed by atoms with Crippen molar-refractivity contribution in [3.05, 3.63) is 30.0 Å². The standard InChI is InChI=1S/C14H20N2O/c1-10(15-2)8-12-9-11-6-5-7-13(17-4)14(11)16(12)3/h5-7,9-10,15H,8H2,1-4H3. The first kappa shape index (κ1) is 12.0. The Labute approximate surface area is 102 Å². The van der Waals surface area contributed by atoms with Crippen LogP contribution in [0.5, 0.6) is 5.75 Å². The highest BCUT2D eigenvalue weighted by atomic mass is 16.5. The summed E-state index contributed by atoms with van der Waals surface area (Å²) in [5, 5.41) is 4.51. The summed E-state index contributed by atoms with van der Waals surface area (Å²) in [5.41, 5.74) is 2.50. The number of aromatic nitrogens is 1. The van der Waals surface area contributed by atoms with Gasteiger partial charge in [-0.1, -0.05) is 12.1 Å². The molecule has 0 aliphatic rings. The van der Waals surface area contributed by atoms with Gasteiger partial charge in [-0.2, -0.15) is 0 Å². The molecule has 0 fully saturated rings. The summed E-state index contributed by atoms with van der Waals surface area (Å²) in [6.07, 6.45) is 1.02. The van der Waals surface area contributed by atoms with E-state index in [9.17, 15) is 0 Å². The number of benzene rings is 1. The monoisotopic (exact) mass is 232 g/mol. The summed E-state index contributed by atoms with van der Waals surface area (Å²) in [5.74, 6) is 0.938. The average molecular weight is 232 g/mol. The molecular formula is C14H20N2O. The number of methoxy groups -OCH3 is 1. The van der Waals surface area contributed by atoms with Crippen LogP contribution in [0.1, 0.15) is 12.6 Å². The molecule has 1 atom stereocenters. The van der Waals surface area contributed by atoms with Crippen molar-refractivity contribution in [3.63, 3.8) is 0 Å². The van der Waals surface area contributed by atoms with Crippen LogP contribution >= 0.6 is 0 Å². The molecule has 3 heteroatoms. The first-order valence-electron chi connectivity index (χ1n) is 5.96. The maximum atomic E-state index is 5.42. The van der Waals surface area contributed by atoms with Gasteiger partial charge in [-0.05, 0) is 26.1 Å². The zero-order chi connectivity index (χ0) is 12.4. The maximum Gasteiger partial charge on any atom is 0.143 e. The summed E-state index contributed by atoms with van der Waals surface area (Å²) in [7, 11) is 5.81. The second-order valence-electron chi connectivity index (χ2n) is 4.49. The molecule has 1 aromatic carbocycles. The number of ether oxygens (including phenoxy) is 1. The van der Waals surface area contributed by atoms with Crippen molar-refractivity contribution >= 4 is 10.9 Å². The van der Waals surface area contributed by atoms with E-state index >= 15 is 0 Å². The van der Waals surface area contributed by atoms with Crippen LogP contribution in [-0.4, -0.2) is 24.8 Å². The van der Waals surface area contributed by atoms with Gasteiger partial charge in [-0.25, -0.2) is 0 Å². The van der Waals surface area contributed by atoms with E-state index in [1.807, 2.05) is 19.2 Å². The summed E-state index contributed by atoms with van der Waals surface area (Å²) >= 11 is 0. The minimum atomic E-state index is 0.476. The molecule has 2 rings (SSSR count). The zero-order valence-electron chi connectivity index (χ0n) is 10.9. The Morgan fingerprint density at radius 2 is 2.18 bits per heavy atom. The smallest absolute Gasteiger partial charge is 0.143 e. The van der Waals surface area contributed by atoms with Crippen LogP contribution in [0.3, 0.4) is 0 Å². The van der Waals surface area contributed by atoms with Crippen molar-refractivity contribution < 1.29 is 4.74 Å². The highest BCUT2D eigenvalue weighted by Gasteiger charge is 2.11. The molecule has 0 radical (unpaired) electrons. The van der Waals surface area contributed by atoms with Gasteiger partial charge in [0.2, 0.25) is 0 Å². The highest BCUT2D eigenvalue weighted by Crippen LogP contribution is 2.28. The fraction of sp³-hybridized carbons (Fsp3) is 0.429. The lowest BCUT2D eigenvalue weighted by atomic mass is 10.2. The molecule has 0 saturated carbocycles. The lowest BCUT2D eigenvalue weighted by molar-refractivity contribution is 0.417. The van der Waals surface area contributed by atoms with Crippen LogP contribution in [0.15, 0.2) is 24.3 Å². The van der Waals surface area contributed by atoms with Gasteiger partial charge in [-0.15, -0.1) is 0 Å². The van der Waals surface area contributed by atoms with Gasteiger partial charge in [0.25, 0.3) is 0 Å². The number of nitrogens with zero attached hydrogens (tertiary/aromatic N) is 1. The van der Waals surface area contributed by atoms with Crippen LogP contribution in [0.2, 0.25) is 0 Å². The molecule has 0 amide bonds. The third-order valence-electron chi connectivity index (χ3n) is 3.35. The fourth-order valence-electron chi connectivity index (χ4n) is 2.21. The van der Waals surface area contributed by atoms with Crippen molar-refractivity contribution in [2.24, 2.45) is 7.05 Å². The lowest BCUT2D eigenvalue weighted by Gasteiger charge is -2.11. The number of hydrogen-bond acceptors (Lipinski definition) is 2. The molecule has 0 spiro atoms. The van der Waals surface area contributed by atoms with Crippen molar-refractivity contribution in [1.29, 1.82) is 0 Å². The first-order chi connectivity index (χ1) is 8.17. The summed E-state index contributed by atoms with van der Waals surface area (Å²) < 4.78 is 7.64. The molecule has 17 heavy (non-hydrogen) atoms. The third-order valence-corrected chi connectivity index (χ3v) is 3.35. The third kappa shape index (κ3) is 2.15. The van der Waals surface area contributed by atoms with Gasteiger partial charge in [-0.3, -0.25) is 0 Å².